The summed E-state index contributed by atoms with van der Waals surface area (Å²) >= 11 is 0. The molecule has 3 nitrogen and oxygen atoms in total. The first-order valence-corrected chi connectivity index (χ1v) is 7.19. The quantitative estimate of drug-likeness (QED) is 0.924. The fourth-order valence-electron chi connectivity index (χ4n) is 2.73. The maximum Gasteiger partial charge on any atom is 0.127 e. The van der Waals surface area contributed by atoms with Crippen LogP contribution in [0.4, 0.5) is 0 Å². The Morgan fingerprint density at radius 3 is 2.85 bits per heavy atom. The smallest absolute Gasteiger partial charge is 0.127 e. The van der Waals surface area contributed by atoms with Crippen LogP contribution in [0.1, 0.15) is 42.3 Å². The number of fused-ring (bicyclic) bond motifs is 1. The maximum atomic E-state index is 6.15. The first-order valence-electron chi connectivity index (χ1n) is 7.19. The van der Waals surface area contributed by atoms with E-state index in [9.17, 15) is 0 Å². The molecule has 1 N–H and O–H groups in total. The van der Waals surface area contributed by atoms with Gasteiger partial charge in [-0.2, -0.15) is 0 Å². The lowest BCUT2D eigenvalue weighted by atomic mass is 9.93. The normalized spacial score (nSPS) is 21.1. The van der Waals surface area contributed by atoms with Crippen LogP contribution < -0.4 is 10.1 Å². The Morgan fingerprint density at radius 2 is 2.10 bits per heavy atom. The molecule has 1 aliphatic rings. The van der Waals surface area contributed by atoms with Crippen molar-refractivity contribution < 1.29 is 4.74 Å². The molecule has 0 bridgehead atoms. The van der Waals surface area contributed by atoms with E-state index in [1.54, 1.807) is 0 Å². The summed E-state index contributed by atoms with van der Waals surface area (Å²) in [6, 6.07) is 12.8. The van der Waals surface area contributed by atoms with Gasteiger partial charge in [-0.15, -0.1) is 0 Å². The van der Waals surface area contributed by atoms with Gasteiger partial charge in [-0.3, -0.25) is 4.98 Å². The van der Waals surface area contributed by atoms with Gasteiger partial charge in [-0.1, -0.05) is 31.2 Å². The standard InChI is InChI=1S/C17H20N2O/c1-3-18-15-10-17(13-9-8-12(2)19-11-13)20-16-7-5-4-6-14(15)16/h4-9,11,15,17-18H,3,10H2,1-2H3. The van der Waals surface area contributed by atoms with Crippen molar-refractivity contribution in [3.05, 3.63) is 59.4 Å². The van der Waals surface area contributed by atoms with Crippen LogP contribution in [0, 0.1) is 6.92 Å². The molecule has 0 saturated carbocycles. The lowest BCUT2D eigenvalue weighted by Gasteiger charge is -2.32. The van der Waals surface area contributed by atoms with Gasteiger partial charge in [0, 0.05) is 35.5 Å². The summed E-state index contributed by atoms with van der Waals surface area (Å²) in [6.45, 7) is 5.10. The van der Waals surface area contributed by atoms with E-state index in [0.29, 0.717) is 6.04 Å². The van der Waals surface area contributed by atoms with Crippen LogP contribution in [-0.4, -0.2) is 11.5 Å². The highest BCUT2D eigenvalue weighted by Gasteiger charge is 2.28. The Morgan fingerprint density at radius 1 is 1.25 bits per heavy atom. The second-order valence-electron chi connectivity index (χ2n) is 5.22. The van der Waals surface area contributed by atoms with Crippen molar-refractivity contribution in [3.8, 4) is 5.75 Å². The van der Waals surface area contributed by atoms with Crippen molar-refractivity contribution in [2.45, 2.75) is 32.4 Å². The second-order valence-corrected chi connectivity index (χ2v) is 5.22. The highest BCUT2D eigenvalue weighted by molar-refractivity contribution is 5.39. The van der Waals surface area contributed by atoms with Crippen molar-refractivity contribution in [2.24, 2.45) is 0 Å². The number of hydrogen-bond donors (Lipinski definition) is 1. The molecule has 1 aromatic heterocycles. The summed E-state index contributed by atoms with van der Waals surface area (Å²) in [7, 11) is 0. The number of rotatable bonds is 3. The Hall–Kier alpha value is -1.87. The van der Waals surface area contributed by atoms with Crippen LogP contribution in [-0.2, 0) is 0 Å². The van der Waals surface area contributed by atoms with Crippen molar-refractivity contribution in [1.29, 1.82) is 0 Å². The zero-order valence-electron chi connectivity index (χ0n) is 12.0. The number of aromatic nitrogens is 1. The number of benzene rings is 1. The molecule has 2 aromatic rings. The minimum atomic E-state index is 0.0713. The van der Waals surface area contributed by atoms with Crippen LogP contribution in [0.5, 0.6) is 5.75 Å². The molecule has 0 fully saturated rings. The summed E-state index contributed by atoms with van der Waals surface area (Å²) in [5.41, 5.74) is 3.44. The summed E-state index contributed by atoms with van der Waals surface area (Å²) in [5.74, 6) is 0.982. The van der Waals surface area contributed by atoms with Gasteiger partial charge in [0.2, 0.25) is 0 Å². The van der Waals surface area contributed by atoms with E-state index in [1.165, 1.54) is 5.56 Å². The van der Waals surface area contributed by atoms with Gasteiger partial charge in [0.1, 0.15) is 11.9 Å². The molecule has 104 valence electrons. The third-order valence-electron chi connectivity index (χ3n) is 3.77. The zero-order valence-corrected chi connectivity index (χ0v) is 12.0. The molecule has 0 radical (unpaired) electrons. The fraction of sp³-hybridized carbons (Fsp3) is 0.353. The monoisotopic (exact) mass is 268 g/mol. The minimum Gasteiger partial charge on any atom is -0.485 e. The van der Waals surface area contributed by atoms with E-state index in [2.05, 4.69) is 35.4 Å². The molecule has 20 heavy (non-hydrogen) atoms. The average molecular weight is 268 g/mol. The lowest BCUT2D eigenvalue weighted by Crippen LogP contribution is -2.29. The molecular weight excluding hydrogens is 248 g/mol. The number of hydrogen-bond acceptors (Lipinski definition) is 3. The van der Waals surface area contributed by atoms with Crippen molar-refractivity contribution in [1.82, 2.24) is 10.3 Å². The Balaban J connectivity index is 1.91. The molecule has 0 saturated heterocycles. The number of ether oxygens (including phenoxy) is 1. The predicted molar refractivity (Wildman–Crippen MR) is 79.8 cm³/mol. The first kappa shape index (κ1) is 13.1. The van der Waals surface area contributed by atoms with Crippen molar-refractivity contribution in [2.75, 3.05) is 6.54 Å². The van der Waals surface area contributed by atoms with Crippen LogP contribution in [0.25, 0.3) is 0 Å². The topological polar surface area (TPSA) is 34.2 Å². The Kier molecular flexibility index (Phi) is 3.70. The second kappa shape index (κ2) is 5.63. The van der Waals surface area contributed by atoms with Gasteiger partial charge >= 0.3 is 0 Å². The molecule has 2 unspecified atom stereocenters. The van der Waals surface area contributed by atoms with Gasteiger partial charge < -0.3 is 10.1 Å². The van der Waals surface area contributed by atoms with Gasteiger partial charge in [0.15, 0.2) is 0 Å². The number of pyridine rings is 1. The maximum absolute atomic E-state index is 6.15. The van der Waals surface area contributed by atoms with E-state index in [0.717, 1.165) is 30.0 Å². The molecule has 2 heterocycles. The molecule has 0 spiro atoms. The molecule has 2 atom stereocenters. The summed E-state index contributed by atoms with van der Waals surface area (Å²) < 4.78 is 6.15. The average Bonchev–Trinajstić information content (AvgIpc) is 2.48. The zero-order chi connectivity index (χ0) is 13.9. The third-order valence-corrected chi connectivity index (χ3v) is 3.77. The van der Waals surface area contributed by atoms with Crippen molar-refractivity contribution in [3.63, 3.8) is 0 Å². The number of nitrogens with one attached hydrogen (secondary N) is 1. The highest BCUT2D eigenvalue weighted by atomic mass is 16.5. The van der Waals surface area contributed by atoms with Gasteiger partial charge in [0.25, 0.3) is 0 Å². The van der Waals surface area contributed by atoms with Gasteiger partial charge in [0.05, 0.1) is 0 Å². The summed E-state index contributed by atoms with van der Waals surface area (Å²) in [4.78, 5) is 4.38. The van der Waals surface area contributed by atoms with Crippen LogP contribution in [0.2, 0.25) is 0 Å². The molecule has 0 amide bonds. The van der Waals surface area contributed by atoms with Crippen LogP contribution in [0.3, 0.4) is 0 Å². The highest BCUT2D eigenvalue weighted by Crippen LogP contribution is 2.40. The van der Waals surface area contributed by atoms with Gasteiger partial charge in [-0.25, -0.2) is 0 Å². The molecule has 0 aliphatic carbocycles. The van der Waals surface area contributed by atoms with E-state index < -0.39 is 0 Å². The summed E-state index contributed by atoms with van der Waals surface area (Å²) in [5, 5.41) is 3.55. The Labute approximate surface area is 120 Å². The van der Waals surface area contributed by atoms with Crippen molar-refractivity contribution >= 4 is 0 Å². The SMILES string of the molecule is CCNC1CC(c2ccc(C)nc2)Oc2ccccc21. The Bertz CT molecular complexity index is 580. The van der Waals surface area contributed by atoms with E-state index in [1.807, 2.05) is 31.3 Å². The lowest BCUT2D eigenvalue weighted by molar-refractivity contribution is 0.152. The summed E-state index contributed by atoms with van der Waals surface area (Å²) in [6.07, 6.45) is 2.94. The fourth-order valence-corrected chi connectivity index (χ4v) is 2.73. The molecule has 1 aliphatic heterocycles. The van der Waals surface area contributed by atoms with E-state index in [-0.39, 0.29) is 6.10 Å². The van der Waals surface area contributed by atoms with E-state index >= 15 is 0 Å². The molecule has 1 aromatic carbocycles. The molecule has 3 heteroatoms. The van der Waals surface area contributed by atoms with E-state index in [4.69, 9.17) is 4.74 Å². The molecular formula is C17H20N2O. The third kappa shape index (κ3) is 2.54. The van der Waals surface area contributed by atoms with Crippen LogP contribution >= 0.6 is 0 Å². The number of nitrogens with zero attached hydrogens (tertiary/aromatic N) is 1. The predicted octanol–water partition coefficient (Wildman–Crippen LogP) is 3.56. The molecule has 3 rings (SSSR count). The number of para-hydroxylation sites is 1. The first-order chi connectivity index (χ1) is 9.78. The number of aryl methyl sites for hydroxylation is 1. The van der Waals surface area contributed by atoms with Crippen LogP contribution in [0.15, 0.2) is 42.6 Å². The minimum absolute atomic E-state index is 0.0713. The van der Waals surface area contributed by atoms with Gasteiger partial charge in [-0.05, 0) is 25.6 Å². The largest absolute Gasteiger partial charge is 0.485 e.